The summed E-state index contributed by atoms with van der Waals surface area (Å²) in [6.07, 6.45) is 3.84. The van der Waals surface area contributed by atoms with Crippen LogP contribution >= 0.6 is 27.5 Å². The van der Waals surface area contributed by atoms with Crippen LogP contribution in [0.5, 0.6) is 0 Å². The molecule has 0 saturated heterocycles. The van der Waals surface area contributed by atoms with Crippen LogP contribution in [0.4, 0.5) is 0 Å². The van der Waals surface area contributed by atoms with Gasteiger partial charge in [0.15, 0.2) is 5.15 Å². The van der Waals surface area contributed by atoms with Gasteiger partial charge in [0.1, 0.15) is 10.2 Å². The maximum atomic E-state index is 12.1. The van der Waals surface area contributed by atoms with E-state index in [9.17, 15) is 4.79 Å². The molecule has 0 atom stereocenters. The Morgan fingerprint density at radius 3 is 2.94 bits per heavy atom. The molecular formula is C11H9BrClN3O. The van der Waals surface area contributed by atoms with Gasteiger partial charge in [-0.15, -0.1) is 0 Å². The van der Waals surface area contributed by atoms with Crippen LogP contribution in [0.25, 0.3) is 5.69 Å². The lowest BCUT2D eigenvalue weighted by Crippen LogP contribution is -2.15. The lowest BCUT2D eigenvalue weighted by molar-refractivity contribution is 0.812. The highest BCUT2D eigenvalue weighted by Gasteiger charge is 2.29. The summed E-state index contributed by atoms with van der Waals surface area (Å²) in [5, 5.41) is 3.41. The van der Waals surface area contributed by atoms with Crippen molar-refractivity contribution in [2.24, 2.45) is 0 Å². The average Bonchev–Trinajstić information content (AvgIpc) is 3.11. The van der Waals surface area contributed by atoms with Crippen molar-refractivity contribution in [3.05, 3.63) is 44.0 Å². The number of nitrogens with one attached hydrogen (secondary N) is 1. The van der Waals surface area contributed by atoms with Gasteiger partial charge in [0.25, 0.3) is 5.56 Å². The Morgan fingerprint density at radius 2 is 2.29 bits per heavy atom. The second-order valence-corrected chi connectivity index (χ2v) is 5.22. The summed E-state index contributed by atoms with van der Waals surface area (Å²) >= 11 is 9.32. The van der Waals surface area contributed by atoms with Gasteiger partial charge >= 0.3 is 0 Å². The summed E-state index contributed by atoms with van der Waals surface area (Å²) in [6.45, 7) is 0. The Labute approximate surface area is 111 Å². The first-order valence-electron chi connectivity index (χ1n) is 5.30. The fraction of sp³-hybridized carbons (Fsp3) is 0.273. The van der Waals surface area contributed by atoms with Gasteiger partial charge in [0.05, 0.1) is 5.69 Å². The minimum atomic E-state index is -0.123. The maximum absolute atomic E-state index is 12.1. The zero-order valence-electron chi connectivity index (χ0n) is 8.78. The SMILES string of the molecule is O=c1c(Br)c(C2CC2)[nH]n1-c1cccnc1Cl. The van der Waals surface area contributed by atoms with Crippen LogP contribution in [-0.2, 0) is 0 Å². The molecule has 17 heavy (non-hydrogen) atoms. The fourth-order valence-electron chi connectivity index (χ4n) is 1.79. The summed E-state index contributed by atoms with van der Waals surface area (Å²) in [7, 11) is 0. The molecule has 3 rings (SSSR count). The van der Waals surface area contributed by atoms with Crippen LogP contribution in [0.15, 0.2) is 27.6 Å². The molecule has 1 N–H and O–H groups in total. The molecule has 88 valence electrons. The van der Waals surface area contributed by atoms with E-state index in [2.05, 4.69) is 26.0 Å². The third kappa shape index (κ3) is 1.83. The number of hydrogen-bond donors (Lipinski definition) is 1. The molecule has 4 nitrogen and oxygen atoms in total. The van der Waals surface area contributed by atoms with Crippen molar-refractivity contribution in [2.75, 3.05) is 0 Å². The predicted octanol–water partition coefficient (Wildman–Crippen LogP) is 2.85. The number of nitrogens with zero attached hydrogens (tertiary/aromatic N) is 2. The van der Waals surface area contributed by atoms with Gasteiger partial charge in [-0.2, -0.15) is 0 Å². The molecule has 6 heteroatoms. The standard InChI is InChI=1S/C11H9BrClN3O/c12-8-9(6-3-4-6)15-16(11(8)17)7-2-1-5-14-10(7)13/h1-2,5-6,15H,3-4H2. The predicted molar refractivity (Wildman–Crippen MR) is 68.9 cm³/mol. The van der Waals surface area contributed by atoms with Gasteiger partial charge in [-0.1, -0.05) is 11.6 Å². The molecule has 0 unspecified atom stereocenters. The highest BCUT2D eigenvalue weighted by Crippen LogP contribution is 2.41. The minimum absolute atomic E-state index is 0.123. The minimum Gasteiger partial charge on any atom is -0.293 e. The maximum Gasteiger partial charge on any atom is 0.285 e. The quantitative estimate of drug-likeness (QED) is 0.867. The second kappa shape index (κ2) is 3.99. The summed E-state index contributed by atoms with van der Waals surface area (Å²) in [4.78, 5) is 16.0. The Morgan fingerprint density at radius 1 is 1.53 bits per heavy atom. The van der Waals surface area contributed by atoms with Crippen molar-refractivity contribution in [2.45, 2.75) is 18.8 Å². The molecule has 0 spiro atoms. The van der Waals surface area contributed by atoms with Gasteiger partial charge in [-0.05, 0) is 40.9 Å². The van der Waals surface area contributed by atoms with Gasteiger partial charge in [0.2, 0.25) is 0 Å². The molecule has 0 aromatic carbocycles. The summed E-state index contributed by atoms with van der Waals surface area (Å²) in [6, 6.07) is 3.51. The van der Waals surface area contributed by atoms with Crippen molar-refractivity contribution in [3.63, 3.8) is 0 Å². The van der Waals surface area contributed by atoms with Crippen molar-refractivity contribution in [1.29, 1.82) is 0 Å². The number of aromatic nitrogens is 3. The molecule has 0 bridgehead atoms. The molecule has 2 aromatic heterocycles. The van der Waals surface area contributed by atoms with Gasteiger partial charge in [0, 0.05) is 12.1 Å². The molecular weight excluding hydrogens is 305 g/mol. The first kappa shape index (κ1) is 11.0. The number of rotatable bonds is 2. The molecule has 1 aliphatic carbocycles. The zero-order chi connectivity index (χ0) is 12.0. The summed E-state index contributed by atoms with van der Waals surface area (Å²) < 4.78 is 2.03. The van der Waals surface area contributed by atoms with E-state index in [1.165, 1.54) is 4.68 Å². The third-order valence-electron chi connectivity index (χ3n) is 2.83. The molecule has 2 aromatic rings. The average molecular weight is 315 g/mol. The molecule has 1 aliphatic rings. The van der Waals surface area contributed by atoms with Gasteiger partial charge in [-0.3, -0.25) is 9.89 Å². The van der Waals surface area contributed by atoms with E-state index >= 15 is 0 Å². The molecule has 1 saturated carbocycles. The molecule has 0 amide bonds. The van der Waals surface area contributed by atoms with Crippen molar-refractivity contribution < 1.29 is 0 Å². The second-order valence-electron chi connectivity index (χ2n) is 4.07. The molecule has 1 fully saturated rings. The monoisotopic (exact) mass is 313 g/mol. The number of aromatic amines is 1. The summed E-state index contributed by atoms with van der Waals surface area (Å²) in [5.41, 5.74) is 1.41. The number of hydrogen-bond acceptors (Lipinski definition) is 2. The third-order valence-corrected chi connectivity index (χ3v) is 3.88. The van der Waals surface area contributed by atoms with Gasteiger partial charge in [-0.25, -0.2) is 9.67 Å². The molecule has 2 heterocycles. The van der Waals surface area contributed by atoms with E-state index in [1.807, 2.05) is 0 Å². The van der Waals surface area contributed by atoms with E-state index in [0.717, 1.165) is 18.5 Å². The van der Waals surface area contributed by atoms with Crippen molar-refractivity contribution >= 4 is 27.5 Å². The Hall–Kier alpha value is -1.07. The lowest BCUT2D eigenvalue weighted by atomic mass is 10.3. The van der Waals surface area contributed by atoms with E-state index < -0.39 is 0 Å². The highest BCUT2D eigenvalue weighted by atomic mass is 79.9. The highest BCUT2D eigenvalue weighted by molar-refractivity contribution is 9.10. The van der Waals surface area contributed by atoms with Crippen molar-refractivity contribution in [3.8, 4) is 5.69 Å². The first-order chi connectivity index (χ1) is 8.18. The normalized spacial score (nSPS) is 15.2. The Bertz CT molecular complexity index is 630. The van der Waals surface area contributed by atoms with Crippen LogP contribution < -0.4 is 5.56 Å². The first-order valence-corrected chi connectivity index (χ1v) is 6.47. The van der Waals surface area contributed by atoms with Crippen molar-refractivity contribution in [1.82, 2.24) is 14.8 Å². The van der Waals surface area contributed by atoms with Crippen LogP contribution in [0.2, 0.25) is 5.15 Å². The van der Waals surface area contributed by atoms with Crippen LogP contribution in [-0.4, -0.2) is 14.8 Å². The number of pyridine rings is 1. The Kier molecular flexibility index (Phi) is 2.60. The van der Waals surface area contributed by atoms with E-state index in [1.54, 1.807) is 18.3 Å². The fourth-order valence-corrected chi connectivity index (χ4v) is 2.58. The van der Waals surface area contributed by atoms with E-state index in [-0.39, 0.29) is 5.56 Å². The smallest absolute Gasteiger partial charge is 0.285 e. The largest absolute Gasteiger partial charge is 0.293 e. The lowest BCUT2D eigenvalue weighted by Gasteiger charge is -2.02. The molecule has 0 aliphatic heterocycles. The molecule has 0 radical (unpaired) electrons. The van der Waals surface area contributed by atoms with Gasteiger partial charge < -0.3 is 0 Å². The number of halogens is 2. The van der Waals surface area contributed by atoms with E-state index in [0.29, 0.717) is 21.2 Å². The Balaban J connectivity index is 2.18. The van der Waals surface area contributed by atoms with E-state index in [4.69, 9.17) is 11.6 Å². The van der Waals surface area contributed by atoms with Crippen LogP contribution in [0, 0.1) is 0 Å². The van der Waals surface area contributed by atoms with Crippen LogP contribution in [0.3, 0.4) is 0 Å². The topological polar surface area (TPSA) is 50.7 Å². The number of H-pyrrole nitrogens is 1. The van der Waals surface area contributed by atoms with Crippen LogP contribution in [0.1, 0.15) is 24.5 Å². The summed E-state index contributed by atoms with van der Waals surface area (Å²) in [5.74, 6) is 0.466. The zero-order valence-corrected chi connectivity index (χ0v) is 11.1.